The summed E-state index contributed by atoms with van der Waals surface area (Å²) >= 11 is 0. The minimum Gasteiger partial charge on any atom is -0.451 e. The van der Waals surface area contributed by atoms with Gasteiger partial charge in [0.1, 0.15) is 11.4 Å². The summed E-state index contributed by atoms with van der Waals surface area (Å²) in [5.74, 6) is 0.463. The van der Waals surface area contributed by atoms with Crippen LogP contribution in [0.3, 0.4) is 0 Å². The number of fused-ring (bicyclic) bond motifs is 1. The zero-order chi connectivity index (χ0) is 16.4. The molecule has 1 fully saturated rings. The van der Waals surface area contributed by atoms with Crippen molar-refractivity contribution in [1.29, 1.82) is 0 Å². The van der Waals surface area contributed by atoms with Gasteiger partial charge in [-0.1, -0.05) is 18.2 Å². The molecule has 1 N–H and O–H groups in total. The Morgan fingerprint density at radius 3 is 2.71 bits per heavy atom. The van der Waals surface area contributed by atoms with Gasteiger partial charge in [0.05, 0.1) is 25.1 Å². The Hall–Kier alpha value is -2.86. The Morgan fingerprint density at radius 1 is 1.12 bits per heavy atom. The maximum absolute atomic E-state index is 12.3. The Morgan fingerprint density at radius 2 is 1.96 bits per heavy atom. The van der Waals surface area contributed by atoms with Crippen LogP contribution in [0.25, 0.3) is 11.0 Å². The standard InChI is InChI=1S/C18H17N3O3/c22-18(16-11-13-3-1-2-4-15(13)24-16)20-17-6-5-14(12-19-17)21-7-9-23-10-8-21/h1-6,11-12H,7-10H2,(H,19,20,22). The largest absolute Gasteiger partial charge is 0.451 e. The molecule has 1 aliphatic heterocycles. The van der Waals surface area contributed by atoms with Gasteiger partial charge in [-0.25, -0.2) is 4.98 Å². The molecule has 0 spiro atoms. The maximum atomic E-state index is 12.3. The van der Waals surface area contributed by atoms with Gasteiger partial charge in [0, 0.05) is 18.5 Å². The van der Waals surface area contributed by atoms with Crippen LogP contribution in [0.15, 0.2) is 53.1 Å². The highest BCUT2D eigenvalue weighted by Crippen LogP contribution is 2.20. The Bertz CT molecular complexity index is 818. The lowest BCUT2D eigenvalue weighted by Gasteiger charge is -2.28. The molecule has 3 aromatic rings. The van der Waals surface area contributed by atoms with Crippen molar-refractivity contribution in [3.63, 3.8) is 0 Å². The smallest absolute Gasteiger partial charge is 0.292 e. The van der Waals surface area contributed by atoms with Crippen LogP contribution in [-0.2, 0) is 4.74 Å². The average molecular weight is 323 g/mol. The number of nitrogens with one attached hydrogen (secondary N) is 1. The van der Waals surface area contributed by atoms with E-state index >= 15 is 0 Å². The van der Waals surface area contributed by atoms with E-state index in [2.05, 4.69) is 15.2 Å². The number of carbonyl (C=O) groups excluding carboxylic acids is 1. The van der Waals surface area contributed by atoms with Crippen molar-refractivity contribution in [3.05, 3.63) is 54.4 Å². The van der Waals surface area contributed by atoms with Gasteiger partial charge in [-0.15, -0.1) is 0 Å². The van der Waals surface area contributed by atoms with Crippen molar-refractivity contribution in [2.24, 2.45) is 0 Å². The van der Waals surface area contributed by atoms with Gasteiger partial charge in [0.15, 0.2) is 5.76 Å². The van der Waals surface area contributed by atoms with Crippen molar-refractivity contribution >= 4 is 28.4 Å². The molecule has 1 saturated heterocycles. The first-order valence-corrected chi connectivity index (χ1v) is 7.88. The lowest BCUT2D eigenvalue weighted by atomic mass is 10.2. The fourth-order valence-electron chi connectivity index (χ4n) is 2.74. The first-order valence-electron chi connectivity index (χ1n) is 7.88. The van der Waals surface area contributed by atoms with Gasteiger partial charge in [-0.05, 0) is 24.3 Å². The number of amides is 1. The molecule has 1 aliphatic rings. The van der Waals surface area contributed by atoms with Crippen molar-refractivity contribution in [3.8, 4) is 0 Å². The Balaban J connectivity index is 1.47. The van der Waals surface area contributed by atoms with E-state index in [0.717, 1.165) is 37.4 Å². The second kappa shape index (κ2) is 6.33. The SMILES string of the molecule is O=C(Nc1ccc(N2CCOCC2)cn1)c1cc2ccccc2o1. The molecular weight excluding hydrogens is 306 g/mol. The van der Waals surface area contributed by atoms with Gasteiger partial charge in [-0.3, -0.25) is 4.79 Å². The second-order valence-corrected chi connectivity index (χ2v) is 5.60. The third-order valence-corrected chi connectivity index (χ3v) is 4.02. The predicted octanol–water partition coefficient (Wildman–Crippen LogP) is 2.92. The lowest BCUT2D eigenvalue weighted by Crippen LogP contribution is -2.36. The monoisotopic (exact) mass is 323 g/mol. The highest BCUT2D eigenvalue weighted by Gasteiger charge is 2.14. The second-order valence-electron chi connectivity index (χ2n) is 5.60. The van der Waals surface area contributed by atoms with Gasteiger partial charge < -0.3 is 19.4 Å². The maximum Gasteiger partial charge on any atom is 0.292 e. The van der Waals surface area contributed by atoms with Crippen LogP contribution in [0.4, 0.5) is 11.5 Å². The first-order chi connectivity index (χ1) is 11.8. The molecule has 1 amide bonds. The van der Waals surface area contributed by atoms with Gasteiger partial charge >= 0.3 is 0 Å². The number of nitrogens with zero attached hydrogens (tertiary/aromatic N) is 2. The molecule has 0 radical (unpaired) electrons. The number of morpholine rings is 1. The van der Waals surface area contributed by atoms with Crippen molar-refractivity contribution in [2.45, 2.75) is 0 Å². The van der Waals surface area contributed by atoms with Crippen LogP contribution in [0, 0.1) is 0 Å². The lowest BCUT2D eigenvalue weighted by molar-refractivity contribution is 0.0998. The summed E-state index contributed by atoms with van der Waals surface area (Å²) in [7, 11) is 0. The summed E-state index contributed by atoms with van der Waals surface area (Å²) in [4.78, 5) is 18.8. The highest BCUT2D eigenvalue weighted by molar-refractivity contribution is 6.04. The Kier molecular flexibility index (Phi) is 3.88. The van der Waals surface area contributed by atoms with E-state index in [1.165, 1.54) is 0 Å². The highest BCUT2D eigenvalue weighted by atomic mass is 16.5. The summed E-state index contributed by atoms with van der Waals surface area (Å²) in [6.45, 7) is 3.16. The van der Waals surface area contributed by atoms with E-state index in [1.54, 1.807) is 18.3 Å². The first kappa shape index (κ1) is 14.7. The molecule has 0 bridgehead atoms. The molecule has 0 atom stereocenters. The minimum absolute atomic E-state index is 0.273. The quantitative estimate of drug-likeness (QED) is 0.803. The van der Waals surface area contributed by atoms with Crippen LogP contribution in [0.5, 0.6) is 0 Å². The number of hydrogen-bond donors (Lipinski definition) is 1. The zero-order valence-electron chi connectivity index (χ0n) is 13.1. The molecule has 0 saturated carbocycles. The van der Waals surface area contributed by atoms with Gasteiger partial charge in [0.2, 0.25) is 0 Å². The van der Waals surface area contributed by atoms with E-state index in [4.69, 9.17) is 9.15 Å². The number of anilines is 2. The van der Waals surface area contributed by atoms with E-state index in [-0.39, 0.29) is 11.7 Å². The topological polar surface area (TPSA) is 67.6 Å². The number of furan rings is 1. The molecule has 0 aliphatic carbocycles. The number of ether oxygens (including phenoxy) is 1. The van der Waals surface area contributed by atoms with E-state index < -0.39 is 0 Å². The van der Waals surface area contributed by atoms with Crippen molar-refractivity contribution < 1.29 is 13.9 Å². The number of rotatable bonds is 3. The van der Waals surface area contributed by atoms with Crippen LogP contribution >= 0.6 is 0 Å². The number of aromatic nitrogens is 1. The molecular formula is C18H17N3O3. The zero-order valence-corrected chi connectivity index (χ0v) is 13.1. The summed E-state index contributed by atoms with van der Waals surface area (Å²) < 4.78 is 10.9. The molecule has 6 heteroatoms. The summed E-state index contributed by atoms with van der Waals surface area (Å²) in [5, 5.41) is 3.66. The molecule has 6 nitrogen and oxygen atoms in total. The van der Waals surface area contributed by atoms with Gasteiger partial charge in [0.25, 0.3) is 5.91 Å². The normalized spacial score (nSPS) is 14.8. The third kappa shape index (κ3) is 2.96. The van der Waals surface area contributed by atoms with Crippen LogP contribution in [0.1, 0.15) is 10.6 Å². The summed E-state index contributed by atoms with van der Waals surface area (Å²) in [6, 6.07) is 13.0. The molecule has 2 aromatic heterocycles. The average Bonchev–Trinajstić information content (AvgIpc) is 3.07. The number of benzene rings is 1. The fraction of sp³-hybridized carbons (Fsp3) is 0.222. The van der Waals surface area contributed by atoms with Crippen molar-refractivity contribution in [1.82, 2.24) is 4.98 Å². The van der Waals surface area contributed by atoms with Crippen LogP contribution in [-0.4, -0.2) is 37.2 Å². The number of hydrogen-bond acceptors (Lipinski definition) is 5. The predicted molar refractivity (Wildman–Crippen MR) is 91.4 cm³/mol. The molecule has 4 rings (SSSR count). The van der Waals surface area contributed by atoms with Crippen LogP contribution < -0.4 is 10.2 Å². The number of carbonyl (C=O) groups is 1. The molecule has 3 heterocycles. The van der Waals surface area contributed by atoms with Gasteiger partial charge in [-0.2, -0.15) is 0 Å². The van der Waals surface area contributed by atoms with E-state index in [0.29, 0.717) is 11.4 Å². The van der Waals surface area contributed by atoms with Crippen molar-refractivity contribution in [2.75, 3.05) is 36.5 Å². The number of para-hydroxylation sites is 1. The molecule has 1 aromatic carbocycles. The third-order valence-electron chi connectivity index (χ3n) is 4.02. The Labute approximate surface area is 139 Å². The van der Waals surface area contributed by atoms with E-state index in [9.17, 15) is 4.79 Å². The van der Waals surface area contributed by atoms with Crippen LogP contribution in [0.2, 0.25) is 0 Å². The number of pyridine rings is 1. The molecule has 122 valence electrons. The fourth-order valence-corrected chi connectivity index (χ4v) is 2.74. The summed E-state index contributed by atoms with van der Waals surface area (Å²) in [5.41, 5.74) is 1.72. The minimum atomic E-state index is -0.308. The molecule has 0 unspecified atom stereocenters. The van der Waals surface area contributed by atoms with E-state index in [1.807, 2.05) is 30.3 Å². The summed E-state index contributed by atoms with van der Waals surface area (Å²) in [6.07, 6.45) is 1.76. The molecule has 24 heavy (non-hydrogen) atoms.